The van der Waals surface area contributed by atoms with Crippen LogP contribution in [0.4, 0.5) is 5.69 Å². The molecule has 2 heterocycles. The molecule has 7 heteroatoms. The quantitative estimate of drug-likeness (QED) is 0.544. The third-order valence-electron chi connectivity index (χ3n) is 6.10. The fourth-order valence-corrected chi connectivity index (χ4v) is 5.67. The molecule has 2 aromatic heterocycles. The van der Waals surface area contributed by atoms with E-state index in [4.69, 9.17) is 0 Å². The van der Waals surface area contributed by atoms with E-state index in [1.807, 2.05) is 26.0 Å². The molecule has 158 valence electrons. The largest absolute Gasteiger partial charge is 0.356 e. The Morgan fingerprint density at radius 2 is 1.90 bits per heavy atom. The summed E-state index contributed by atoms with van der Waals surface area (Å²) < 4.78 is 1.15. The Morgan fingerprint density at radius 1 is 1.17 bits per heavy atom. The summed E-state index contributed by atoms with van der Waals surface area (Å²) in [7, 11) is 0. The topological polar surface area (TPSA) is 86.9 Å². The zero-order chi connectivity index (χ0) is 21.3. The molecule has 30 heavy (non-hydrogen) atoms. The molecular weight excluding hydrogens is 396 g/mol. The van der Waals surface area contributed by atoms with Crippen LogP contribution in [0.5, 0.6) is 0 Å². The van der Waals surface area contributed by atoms with Crippen molar-refractivity contribution in [3.05, 3.63) is 46.1 Å². The number of carbonyl (C=O) groups excluding carboxylic acids is 2. The highest BCUT2D eigenvalue weighted by molar-refractivity contribution is 7.21. The molecule has 1 aliphatic carbocycles. The number of amides is 2. The van der Waals surface area contributed by atoms with Crippen LogP contribution in [-0.4, -0.2) is 28.6 Å². The molecule has 4 rings (SSSR count). The van der Waals surface area contributed by atoms with Crippen molar-refractivity contribution >= 4 is 38.9 Å². The number of nitrogens with one attached hydrogen (secondary N) is 3. The van der Waals surface area contributed by atoms with Gasteiger partial charge in [0.25, 0.3) is 5.91 Å². The fourth-order valence-electron chi connectivity index (χ4n) is 4.49. The Kier molecular flexibility index (Phi) is 5.90. The zero-order valence-corrected chi connectivity index (χ0v) is 18.5. The molecule has 1 aliphatic rings. The lowest BCUT2D eigenvalue weighted by atomic mass is 9.77. The van der Waals surface area contributed by atoms with E-state index in [0.29, 0.717) is 11.8 Å². The van der Waals surface area contributed by atoms with Crippen LogP contribution >= 0.6 is 11.3 Å². The number of fused-ring (bicyclic) bond motifs is 1. The van der Waals surface area contributed by atoms with Crippen molar-refractivity contribution < 1.29 is 9.59 Å². The van der Waals surface area contributed by atoms with Gasteiger partial charge < -0.3 is 10.6 Å². The van der Waals surface area contributed by atoms with Crippen LogP contribution in [0.1, 0.15) is 65.1 Å². The normalized spacial score (nSPS) is 19.0. The maximum Gasteiger partial charge on any atom is 0.266 e. The molecule has 0 saturated heterocycles. The van der Waals surface area contributed by atoms with Crippen LogP contribution in [0.3, 0.4) is 0 Å². The van der Waals surface area contributed by atoms with Gasteiger partial charge >= 0.3 is 0 Å². The van der Waals surface area contributed by atoms with Gasteiger partial charge in [-0.2, -0.15) is 5.10 Å². The first-order valence-electron chi connectivity index (χ1n) is 10.5. The third kappa shape index (κ3) is 4.12. The minimum Gasteiger partial charge on any atom is -0.356 e. The number of rotatable bonds is 5. The van der Waals surface area contributed by atoms with E-state index < -0.39 is 0 Å². The minimum atomic E-state index is -0.0563. The highest BCUT2D eigenvalue weighted by atomic mass is 32.1. The van der Waals surface area contributed by atoms with Crippen LogP contribution in [0.25, 0.3) is 10.1 Å². The maximum absolute atomic E-state index is 13.3. The van der Waals surface area contributed by atoms with E-state index in [0.717, 1.165) is 58.9 Å². The zero-order valence-electron chi connectivity index (χ0n) is 17.7. The Morgan fingerprint density at radius 3 is 2.57 bits per heavy atom. The van der Waals surface area contributed by atoms with Crippen molar-refractivity contribution in [3.63, 3.8) is 0 Å². The first kappa shape index (κ1) is 20.6. The van der Waals surface area contributed by atoms with E-state index in [2.05, 4.69) is 33.0 Å². The van der Waals surface area contributed by atoms with Gasteiger partial charge in [-0.25, -0.2) is 0 Å². The molecule has 0 bridgehead atoms. The summed E-state index contributed by atoms with van der Waals surface area (Å²) >= 11 is 1.57. The van der Waals surface area contributed by atoms with E-state index in [-0.39, 0.29) is 11.8 Å². The molecule has 0 spiro atoms. The summed E-state index contributed by atoms with van der Waals surface area (Å²) in [5.41, 5.74) is 3.61. The Bertz CT molecular complexity index is 1060. The molecule has 1 aromatic carbocycles. The highest BCUT2D eigenvalue weighted by Crippen LogP contribution is 2.44. The van der Waals surface area contributed by atoms with Gasteiger partial charge in [0.15, 0.2) is 0 Å². The molecule has 0 radical (unpaired) electrons. The van der Waals surface area contributed by atoms with E-state index in [1.165, 1.54) is 10.9 Å². The number of benzene rings is 1. The lowest BCUT2D eigenvalue weighted by molar-refractivity contribution is -0.119. The van der Waals surface area contributed by atoms with Gasteiger partial charge in [-0.05, 0) is 68.4 Å². The number of anilines is 1. The Labute approximate surface area is 180 Å². The lowest BCUT2D eigenvalue weighted by Gasteiger charge is -2.29. The van der Waals surface area contributed by atoms with Crippen molar-refractivity contribution in [2.45, 2.75) is 52.4 Å². The first-order valence-corrected chi connectivity index (χ1v) is 11.3. The number of hydrogen-bond donors (Lipinski definition) is 3. The van der Waals surface area contributed by atoms with Crippen LogP contribution in [0.2, 0.25) is 0 Å². The number of nitrogens with zero attached hydrogens (tertiary/aromatic N) is 1. The van der Waals surface area contributed by atoms with Gasteiger partial charge in [-0.3, -0.25) is 14.7 Å². The second-order valence-corrected chi connectivity index (χ2v) is 9.31. The van der Waals surface area contributed by atoms with Crippen molar-refractivity contribution in [2.24, 2.45) is 5.92 Å². The number of thiophene rings is 1. The average Bonchev–Trinajstić information content (AvgIpc) is 3.28. The van der Waals surface area contributed by atoms with Gasteiger partial charge in [-0.1, -0.05) is 18.2 Å². The molecule has 6 nitrogen and oxygen atoms in total. The molecule has 0 unspecified atom stereocenters. The standard InChI is InChI=1S/C23H28N4O2S/c1-13-21(14(2)27-26-13)25-23(29)22-20(18-6-4-5-7-19(18)30-22)17-10-8-16(9-11-17)12-24-15(3)28/h4-7,16-17H,8-12H2,1-3H3,(H,24,28)(H,25,29)(H,26,27). The molecule has 3 N–H and O–H groups in total. The number of carbonyl (C=O) groups is 2. The summed E-state index contributed by atoms with van der Waals surface area (Å²) in [6.45, 7) is 6.12. The fraction of sp³-hybridized carbons (Fsp3) is 0.435. The summed E-state index contributed by atoms with van der Waals surface area (Å²) in [5.74, 6) is 0.856. The van der Waals surface area contributed by atoms with Crippen molar-refractivity contribution in [1.29, 1.82) is 0 Å². The summed E-state index contributed by atoms with van der Waals surface area (Å²) in [5, 5.41) is 14.4. The predicted molar refractivity (Wildman–Crippen MR) is 121 cm³/mol. The predicted octanol–water partition coefficient (Wildman–Crippen LogP) is 4.90. The van der Waals surface area contributed by atoms with Crippen molar-refractivity contribution in [3.8, 4) is 0 Å². The van der Waals surface area contributed by atoms with E-state index in [1.54, 1.807) is 18.3 Å². The number of hydrogen-bond acceptors (Lipinski definition) is 4. The summed E-state index contributed by atoms with van der Waals surface area (Å²) in [6, 6.07) is 8.30. The maximum atomic E-state index is 13.3. The van der Waals surface area contributed by atoms with Gasteiger partial charge in [-0.15, -0.1) is 11.3 Å². The van der Waals surface area contributed by atoms with Crippen LogP contribution in [0.15, 0.2) is 24.3 Å². The monoisotopic (exact) mass is 424 g/mol. The highest BCUT2D eigenvalue weighted by Gasteiger charge is 2.29. The van der Waals surface area contributed by atoms with Crippen LogP contribution in [0, 0.1) is 19.8 Å². The van der Waals surface area contributed by atoms with Crippen molar-refractivity contribution in [2.75, 3.05) is 11.9 Å². The summed E-state index contributed by atoms with van der Waals surface area (Å²) in [4.78, 5) is 25.3. The first-order chi connectivity index (χ1) is 14.4. The Hall–Kier alpha value is -2.67. The Balaban J connectivity index is 1.60. The molecule has 3 aromatic rings. The van der Waals surface area contributed by atoms with Gasteiger partial charge in [0.1, 0.15) is 0 Å². The minimum absolute atomic E-state index is 0.0322. The van der Waals surface area contributed by atoms with Crippen molar-refractivity contribution in [1.82, 2.24) is 15.5 Å². The smallest absolute Gasteiger partial charge is 0.266 e. The molecule has 2 amide bonds. The second-order valence-electron chi connectivity index (χ2n) is 8.26. The van der Waals surface area contributed by atoms with Crippen LogP contribution in [-0.2, 0) is 4.79 Å². The van der Waals surface area contributed by atoms with Gasteiger partial charge in [0.2, 0.25) is 5.91 Å². The third-order valence-corrected chi connectivity index (χ3v) is 7.29. The van der Waals surface area contributed by atoms with E-state index >= 15 is 0 Å². The molecule has 0 aliphatic heterocycles. The van der Waals surface area contributed by atoms with Crippen LogP contribution < -0.4 is 10.6 Å². The average molecular weight is 425 g/mol. The molecule has 1 saturated carbocycles. The lowest BCUT2D eigenvalue weighted by Crippen LogP contribution is -2.29. The molecule has 1 fully saturated rings. The number of aromatic nitrogens is 2. The number of aryl methyl sites for hydroxylation is 2. The second kappa shape index (κ2) is 8.60. The number of aromatic amines is 1. The SMILES string of the molecule is CC(=O)NCC1CCC(c2c(C(=O)Nc3c(C)n[nH]c3C)sc3ccccc23)CC1. The molecular formula is C23H28N4O2S. The van der Waals surface area contributed by atoms with Gasteiger partial charge in [0, 0.05) is 18.2 Å². The van der Waals surface area contributed by atoms with E-state index in [9.17, 15) is 9.59 Å². The van der Waals surface area contributed by atoms with Gasteiger partial charge in [0.05, 0.1) is 22.0 Å². The number of H-pyrrole nitrogens is 1. The molecule has 0 atom stereocenters. The summed E-state index contributed by atoms with van der Waals surface area (Å²) in [6.07, 6.45) is 4.20.